The van der Waals surface area contributed by atoms with Gasteiger partial charge in [-0.2, -0.15) is 0 Å². The van der Waals surface area contributed by atoms with Crippen LogP contribution in [-0.2, 0) is 25.7 Å². The van der Waals surface area contributed by atoms with Gasteiger partial charge in [-0.3, -0.25) is 24.0 Å². The lowest BCUT2D eigenvalue weighted by atomic mass is 9.92. The zero-order chi connectivity index (χ0) is 31.5. The van der Waals surface area contributed by atoms with Gasteiger partial charge in [-0.25, -0.2) is 4.98 Å². The molecule has 3 fully saturated rings. The Hall–Kier alpha value is -4.74. The molecule has 12 nitrogen and oxygen atoms in total. The number of hydrogen-bond acceptors (Lipinski definition) is 7. The minimum absolute atomic E-state index is 0.0730. The third kappa shape index (κ3) is 6.27. The lowest BCUT2D eigenvalue weighted by Crippen LogP contribution is -2.54. The Bertz CT molecular complexity index is 1610. The number of carbonyl (C=O) groups excluding carboxylic acids is 5. The predicted molar refractivity (Wildman–Crippen MR) is 164 cm³/mol. The number of nitrogens with zero attached hydrogens (tertiary/aromatic N) is 2. The fourth-order valence-corrected chi connectivity index (χ4v) is 7.10. The summed E-state index contributed by atoms with van der Waals surface area (Å²) in [5.74, 6) is -2.15. The Kier molecular flexibility index (Phi) is 8.81. The van der Waals surface area contributed by atoms with Crippen LogP contribution in [-0.4, -0.2) is 76.6 Å². The van der Waals surface area contributed by atoms with Crippen LogP contribution in [0.1, 0.15) is 54.7 Å². The molecule has 2 aliphatic heterocycles. The summed E-state index contributed by atoms with van der Waals surface area (Å²) >= 11 is 0. The quantitative estimate of drug-likeness (QED) is 0.241. The molecule has 3 aliphatic rings. The average molecular weight is 615 g/mol. The van der Waals surface area contributed by atoms with Crippen LogP contribution in [0.5, 0.6) is 5.75 Å². The summed E-state index contributed by atoms with van der Waals surface area (Å²) in [5, 5.41) is 8.30. The fourth-order valence-electron chi connectivity index (χ4n) is 7.10. The van der Waals surface area contributed by atoms with Gasteiger partial charge < -0.3 is 30.6 Å². The molecule has 236 valence electrons. The lowest BCUT2D eigenvalue weighted by molar-refractivity contribution is -0.140. The topological polar surface area (TPSA) is 163 Å². The first-order valence-electron chi connectivity index (χ1n) is 15.6. The van der Waals surface area contributed by atoms with E-state index in [9.17, 15) is 24.0 Å². The third-order valence-electron chi connectivity index (χ3n) is 9.44. The molecule has 6 rings (SSSR count). The number of H-pyrrole nitrogens is 1. The van der Waals surface area contributed by atoms with Gasteiger partial charge in [0, 0.05) is 25.6 Å². The van der Waals surface area contributed by atoms with E-state index >= 15 is 0 Å². The number of hydrogen-bond donors (Lipinski definition) is 4. The van der Waals surface area contributed by atoms with Crippen molar-refractivity contribution in [1.29, 1.82) is 0 Å². The number of ether oxygens (including phenoxy) is 1. The maximum absolute atomic E-state index is 14.1. The van der Waals surface area contributed by atoms with E-state index in [4.69, 9.17) is 4.74 Å². The zero-order valence-electron chi connectivity index (χ0n) is 25.2. The fraction of sp³-hybridized carbons (Fsp3) is 0.455. The van der Waals surface area contributed by atoms with E-state index in [0.717, 1.165) is 24.8 Å². The van der Waals surface area contributed by atoms with Crippen molar-refractivity contribution < 1.29 is 28.7 Å². The van der Waals surface area contributed by atoms with Gasteiger partial charge in [-0.05, 0) is 61.6 Å². The maximum atomic E-state index is 14.1. The largest absolute Gasteiger partial charge is 0.494 e. The van der Waals surface area contributed by atoms with Crippen molar-refractivity contribution in [3.05, 3.63) is 59.9 Å². The number of benzene rings is 2. The van der Waals surface area contributed by atoms with Crippen molar-refractivity contribution >= 4 is 40.4 Å². The number of methoxy groups -OCH3 is 1. The molecule has 0 unspecified atom stereocenters. The molecular formula is C33H38N6O6. The molecule has 2 saturated heterocycles. The van der Waals surface area contributed by atoms with E-state index in [1.165, 1.54) is 7.11 Å². The minimum atomic E-state index is -1.14. The third-order valence-corrected chi connectivity index (χ3v) is 9.44. The number of likely N-dealkylation sites (tertiary alicyclic amines) is 1. The number of amides is 4. The Morgan fingerprint density at radius 3 is 2.64 bits per heavy atom. The molecule has 1 aliphatic carbocycles. The van der Waals surface area contributed by atoms with Crippen LogP contribution in [0, 0.1) is 17.8 Å². The van der Waals surface area contributed by atoms with E-state index in [1.54, 1.807) is 23.1 Å². The average Bonchev–Trinajstić information content (AvgIpc) is 3.85. The number of ketones is 1. The van der Waals surface area contributed by atoms with Gasteiger partial charge in [0.2, 0.25) is 17.6 Å². The number of rotatable bonds is 11. The van der Waals surface area contributed by atoms with Crippen molar-refractivity contribution in [2.45, 2.75) is 57.2 Å². The smallest absolute Gasteiger partial charge is 0.290 e. The van der Waals surface area contributed by atoms with Gasteiger partial charge in [0.15, 0.2) is 5.82 Å². The molecule has 12 heteroatoms. The molecule has 4 amide bonds. The first kappa shape index (κ1) is 30.3. The summed E-state index contributed by atoms with van der Waals surface area (Å²) in [7, 11) is 1.53. The van der Waals surface area contributed by atoms with Gasteiger partial charge in [0.1, 0.15) is 17.3 Å². The molecule has 1 aromatic heterocycles. The minimum Gasteiger partial charge on any atom is -0.494 e. The highest BCUT2D eigenvalue weighted by Gasteiger charge is 2.50. The van der Waals surface area contributed by atoms with E-state index < -0.39 is 35.6 Å². The van der Waals surface area contributed by atoms with E-state index in [2.05, 4.69) is 25.9 Å². The number of nitrogens with one attached hydrogen (secondary N) is 4. The van der Waals surface area contributed by atoms with E-state index in [0.29, 0.717) is 42.7 Å². The second-order valence-corrected chi connectivity index (χ2v) is 12.1. The molecular weight excluding hydrogens is 576 g/mol. The number of fused-ring (bicyclic) bond motifs is 2. The zero-order valence-corrected chi connectivity index (χ0v) is 25.2. The highest BCUT2D eigenvalue weighted by molar-refractivity contribution is 6.38. The number of carbonyl (C=O) groups is 5. The summed E-state index contributed by atoms with van der Waals surface area (Å²) in [6.45, 7) is 1.12. The van der Waals surface area contributed by atoms with Gasteiger partial charge in [0.25, 0.3) is 11.8 Å². The van der Waals surface area contributed by atoms with Gasteiger partial charge in [-0.15, -0.1) is 0 Å². The number of aromatic amines is 1. The number of para-hydroxylation sites is 1. The number of imidazole rings is 1. The van der Waals surface area contributed by atoms with Crippen molar-refractivity contribution in [2.75, 3.05) is 20.2 Å². The van der Waals surface area contributed by atoms with Crippen LogP contribution >= 0.6 is 0 Å². The van der Waals surface area contributed by atoms with Crippen molar-refractivity contribution in [1.82, 2.24) is 30.8 Å². The number of aromatic nitrogens is 2. The molecule has 3 aromatic rings. The van der Waals surface area contributed by atoms with Crippen LogP contribution < -0.4 is 20.7 Å². The van der Waals surface area contributed by atoms with E-state index in [-0.39, 0.29) is 42.5 Å². The molecule has 45 heavy (non-hydrogen) atoms. The lowest BCUT2D eigenvalue weighted by Gasteiger charge is -2.28. The monoisotopic (exact) mass is 614 g/mol. The second kappa shape index (κ2) is 13.1. The Labute approximate surface area is 260 Å². The van der Waals surface area contributed by atoms with Crippen LogP contribution in [0.15, 0.2) is 48.5 Å². The number of Topliss-reactive ketones (excluding diaryl/α,β-unsaturated/α-hetero) is 1. The molecule has 2 aromatic carbocycles. The molecule has 5 atom stereocenters. The Morgan fingerprint density at radius 1 is 1.07 bits per heavy atom. The summed E-state index contributed by atoms with van der Waals surface area (Å²) in [6.07, 6.45) is 3.72. The van der Waals surface area contributed by atoms with Gasteiger partial charge in [0.05, 0.1) is 18.7 Å². The van der Waals surface area contributed by atoms with Crippen LogP contribution in [0.4, 0.5) is 0 Å². The normalized spacial score (nSPS) is 23.0. The van der Waals surface area contributed by atoms with Crippen molar-refractivity contribution in [3.8, 4) is 5.75 Å². The van der Waals surface area contributed by atoms with Gasteiger partial charge in [-0.1, -0.05) is 42.8 Å². The van der Waals surface area contributed by atoms with Crippen LogP contribution in [0.2, 0.25) is 0 Å². The summed E-state index contributed by atoms with van der Waals surface area (Å²) in [4.78, 5) is 75.8. The summed E-state index contributed by atoms with van der Waals surface area (Å²) < 4.78 is 5.40. The first-order valence-corrected chi connectivity index (χ1v) is 15.6. The second-order valence-electron chi connectivity index (χ2n) is 12.1. The molecule has 0 bridgehead atoms. The summed E-state index contributed by atoms with van der Waals surface area (Å²) in [6, 6.07) is 12.6. The SMILES string of the molecule is COc1cccc2[nH]c(C(=O)N3C[C@@H]4CCC[C@@H]4[C@H]3C(=O)N[C@@H](CC[C@@H]3CCNC3=O)C(=O)C(=O)NCc3ccccc3)nc12. The Balaban J connectivity index is 1.21. The highest BCUT2D eigenvalue weighted by Crippen LogP contribution is 2.43. The summed E-state index contributed by atoms with van der Waals surface area (Å²) in [5.41, 5.74) is 1.99. The highest BCUT2D eigenvalue weighted by atomic mass is 16.5. The maximum Gasteiger partial charge on any atom is 0.290 e. The standard InChI is InChI=1S/C33H38N6O6/c1-45-25-12-6-11-23-26(25)38-29(36-23)33(44)39-18-21-9-5-10-22(21)27(39)31(42)37-24(14-13-20-15-16-34-30(20)41)28(40)32(43)35-17-19-7-3-2-4-8-19/h2-4,6-8,11-12,20-22,24,27H,5,9-10,13-18H2,1H3,(H,34,41)(H,35,43)(H,36,38)(H,37,42)/t20-,21+,22+,24+,27+/m1/s1. The Morgan fingerprint density at radius 2 is 1.89 bits per heavy atom. The van der Waals surface area contributed by atoms with Crippen LogP contribution in [0.3, 0.4) is 0 Å². The van der Waals surface area contributed by atoms with Crippen molar-refractivity contribution in [3.63, 3.8) is 0 Å². The van der Waals surface area contributed by atoms with Crippen molar-refractivity contribution in [2.24, 2.45) is 17.8 Å². The van der Waals surface area contributed by atoms with E-state index in [1.807, 2.05) is 30.3 Å². The molecule has 1 saturated carbocycles. The molecule has 4 N–H and O–H groups in total. The van der Waals surface area contributed by atoms with Gasteiger partial charge >= 0.3 is 0 Å². The van der Waals surface area contributed by atoms with Crippen LogP contribution in [0.25, 0.3) is 11.0 Å². The first-order chi connectivity index (χ1) is 21.8. The predicted octanol–water partition coefficient (Wildman–Crippen LogP) is 2.10. The molecule has 0 spiro atoms. The molecule has 0 radical (unpaired) electrons. The molecule has 3 heterocycles.